The number of hydrogen-bond acceptors (Lipinski definition) is 5. The molecule has 0 fully saturated rings. The minimum atomic E-state index is -0.611. The van der Waals surface area contributed by atoms with E-state index in [1.54, 1.807) is 18.2 Å². The van der Waals surface area contributed by atoms with Gasteiger partial charge in [0.15, 0.2) is 5.65 Å². The van der Waals surface area contributed by atoms with E-state index in [0.29, 0.717) is 0 Å². The van der Waals surface area contributed by atoms with E-state index in [9.17, 15) is 19.7 Å². The minimum absolute atomic E-state index is 0.0816. The summed E-state index contributed by atoms with van der Waals surface area (Å²) in [5, 5.41) is 11.4. The minimum Gasteiger partial charge on any atom is -0.268 e. The second-order valence-corrected chi connectivity index (χ2v) is 6.15. The highest BCUT2D eigenvalue weighted by molar-refractivity contribution is 5.75. The average molecular weight is 374 g/mol. The molecule has 138 valence electrons. The van der Waals surface area contributed by atoms with Gasteiger partial charge in [-0.2, -0.15) is 0 Å². The van der Waals surface area contributed by atoms with Crippen molar-refractivity contribution in [3.05, 3.63) is 109 Å². The van der Waals surface area contributed by atoms with Crippen LogP contribution in [-0.4, -0.2) is 19.0 Å². The lowest BCUT2D eigenvalue weighted by atomic mass is 10.2. The molecule has 0 N–H and O–H groups in total. The summed E-state index contributed by atoms with van der Waals surface area (Å²) in [6, 6.07) is 18.0. The van der Waals surface area contributed by atoms with Crippen LogP contribution in [0.15, 0.2) is 82.5 Å². The van der Waals surface area contributed by atoms with Crippen LogP contribution in [-0.2, 0) is 6.54 Å². The maximum Gasteiger partial charge on any atom is 0.337 e. The summed E-state index contributed by atoms with van der Waals surface area (Å²) in [6.07, 6.45) is 1.47. The van der Waals surface area contributed by atoms with E-state index in [4.69, 9.17) is 0 Å². The number of non-ortho nitro benzene ring substituents is 1. The molecule has 0 spiro atoms. The number of nitrogens with zero attached hydrogens (tertiary/aromatic N) is 4. The summed E-state index contributed by atoms with van der Waals surface area (Å²) in [5.41, 5.74) is -0.0176. The number of pyridine rings is 1. The Bertz CT molecular complexity index is 1310. The van der Waals surface area contributed by atoms with Crippen LogP contribution in [0.3, 0.4) is 0 Å². The zero-order valence-corrected chi connectivity index (χ0v) is 14.6. The highest BCUT2D eigenvalue weighted by atomic mass is 16.6. The predicted molar refractivity (Wildman–Crippen MR) is 104 cm³/mol. The van der Waals surface area contributed by atoms with Gasteiger partial charge in [-0.15, -0.1) is 0 Å². The standard InChI is InChI=1S/C20H14N4O4/c25-19-17-10-5-11-21-18(17)23(15-8-4-9-16(12-15)24(27)28)20(26)22(19)13-14-6-2-1-3-7-14/h1-12H,13H2. The molecule has 0 aliphatic carbocycles. The molecule has 0 saturated carbocycles. The summed E-state index contributed by atoms with van der Waals surface area (Å²) < 4.78 is 2.34. The van der Waals surface area contributed by atoms with Crippen LogP contribution in [0.5, 0.6) is 0 Å². The van der Waals surface area contributed by atoms with Crippen molar-refractivity contribution in [2.75, 3.05) is 0 Å². The molecule has 4 aromatic rings. The summed E-state index contributed by atoms with van der Waals surface area (Å²) in [6.45, 7) is 0.0816. The molecule has 4 rings (SSSR count). The fraction of sp³-hybridized carbons (Fsp3) is 0.0500. The van der Waals surface area contributed by atoms with Crippen LogP contribution in [0.2, 0.25) is 0 Å². The Morgan fingerprint density at radius 1 is 0.964 bits per heavy atom. The molecule has 0 aliphatic heterocycles. The third kappa shape index (κ3) is 2.96. The van der Waals surface area contributed by atoms with Crippen LogP contribution in [0.1, 0.15) is 5.56 Å². The van der Waals surface area contributed by atoms with E-state index in [-0.39, 0.29) is 29.0 Å². The fourth-order valence-corrected chi connectivity index (χ4v) is 3.07. The van der Waals surface area contributed by atoms with Gasteiger partial charge < -0.3 is 0 Å². The lowest BCUT2D eigenvalue weighted by Gasteiger charge is -2.13. The number of rotatable bonds is 4. The molecule has 0 amide bonds. The Morgan fingerprint density at radius 2 is 1.75 bits per heavy atom. The van der Waals surface area contributed by atoms with Crippen molar-refractivity contribution in [1.29, 1.82) is 0 Å². The van der Waals surface area contributed by atoms with Gasteiger partial charge in [-0.3, -0.25) is 19.5 Å². The normalized spacial score (nSPS) is 10.9. The van der Waals surface area contributed by atoms with Crippen molar-refractivity contribution in [2.24, 2.45) is 0 Å². The molecule has 0 aliphatic rings. The van der Waals surface area contributed by atoms with Crippen molar-refractivity contribution in [1.82, 2.24) is 14.1 Å². The molecule has 0 radical (unpaired) electrons. The number of nitro groups is 1. The molecule has 0 saturated heterocycles. The van der Waals surface area contributed by atoms with Crippen LogP contribution >= 0.6 is 0 Å². The van der Waals surface area contributed by atoms with Gasteiger partial charge in [0.1, 0.15) is 0 Å². The van der Waals surface area contributed by atoms with E-state index in [2.05, 4.69) is 4.98 Å². The van der Waals surface area contributed by atoms with Gasteiger partial charge >= 0.3 is 5.69 Å². The number of nitro benzene ring substituents is 1. The first-order valence-corrected chi connectivity index (χ1v) is 8.45. The van der Waals surface area contributed by atoms with Crippen molar-refractivity contribution < 1.29 is 4.92 Å². The smallest absolute Gasteiger partial charge is 0.268 e. The van der Waals surface area contributed by atoms with Crippen molar-refractivity contribution in [2.45, 2.75) is 6.54 Å². The number of aromatic nitrogens is 3. The summed E-state index contributed by atoms with van der Waals surface area (Å²) in [7, 11) is 0. The van der Waals surface area contributed by atoms with Gasteiger partial charge in [0.05, 0.1) is 22.5 Å². The van der Waals surface area contributed by atoms with Gasteiger partial charge in [0.2, 0.25) is 0 Å². The Balaban J connectivity index is 2.03. The zero-order valence-electron chi connectivity index (χ0n) is 14.6. The molecule has 2 aromatic carbocycles. The van der Waals surface area contributed by atoms with Gasteiger partial charge in [-0.25, -0.2) is 14.3 Å². The Labute approximate surface area is 158 Å². The summed E-state index contributed by atoms with van der Waals surface area (Å²) >= 11 is 0. The highest BCUT2D eigenvalue weighted by Gasteiger charge is 2.17. The predicted octanol–water partition coefficient (Wildman–Crippen LogP) is 2.50. The molecular weight excluding hydrogens is 360 g/mol. The van der Waals surface area contributed by atoms with E-state index in [1.165, 1.54) is 29.0 Å². The van der Waals surface area contributed by atoms with Crippen LogP contribution in [0.25, 0.3) is 16.7 Å². The van der Waals surface area contributed by atoms with E-state index in [1.807, 2.05) is 30.3 Å². The second kappa shape index (κ2) is 6.92. The van der Waals surface area contributed by atoms with Gasteiger partial charge in [-0.05, 0) is 23.8 Å². The lowest BCUT2D eigenvalue weighted by Crippen LogP contribution is -2.40. The first kappa shape index (κ1) is 17.3. The topological polar surface area (TPSA) is 100 Å². The SMILES string of the molecule is O=c1c2cccnc2n(-c2cccc([N+](=O)[O-])c2)c(=O)n1Cc1ccccc1. The summed E-state index contributed by atoms with van der Waals surface area (Å²) in [5.74, 6) is 0. The Kier molecular flexibility index (Phi) is 4.29. The fourth-order valence-electron chi connectivity index (χ4n) is 3.07. The Morgan fingerprint density at radius 3 is 2.50 bits per heavy atom. The zero-order chi connectivity index (χ0) is 19.7. The molecule has 0 bridgehead atoms. The van der Waals surface area contributed by atoms with E-state index in [0.717, 1.165) is 10.1 Å². The van der Waals surface area contributed by atoms with Crippen LogP contribution in [0, 0.1) is 10.1 Å². The molecule has 28 heavy (non-hydrogen) atoms. The molecular formula is C20H14N4O4. The number of benzene rings is 2. The van der Waals surface area contributed by atoms with Crippen LogP contribution < -0.4 is 11.2 Å². The molecule has 2 heterocycles. The monoisotopic (exact) mass is 374 g/mol. The van der Waals surface area contributed by atoms with E-state index >= 15 is 0 Å². The first-order valence-electron chi connectivity index (χ1n) is 8.45. The van der Waals surface area contributed by atoms with Gasteiger partial charge in [0.25, 0.3) is 11.2 Å². The van der Waals surface area contributed by atoms with Crippen molar-refractivity contribution in [3.8, 4) is 5.69 Å². The largest absolute Gasteiger partial charge is 0.337 e. The third-order valence-electron chi connectivity index (χ3n) is 4.38. The maximum atomic E-state index is 13.2. The molecule has 8 nitrogen and oxygen atoms in total. The first-order chi connectivity index (χ1) is 13.6. The molecule has 0 atom stereocenters. The third-order valence-corrected chi connectivity index (χ3v) is 4.38. The number of fused-ring (bicyclic) bond motifs is 1. The average Bonchev–Trinajstić information content (AvgIpc) is 2.72. The second-order valence-electron chi connectivity index (χ2n) is 6.15. The van der Waals surface area contributed by atoms with Gasteiger partial charge in [0, 0.05) is 18.3 Å². The van der Waals surface area contributed by atoms with E-state index < -0.39 is 16.2 Å². The lowest BCUT2D eigenvalue weighted by molar-refractivity contribution is -0.384. The quantitative estimate of drug-likeness (QED) is 0.404. The molecule has 8 heteroatoms. The molecule has 2 aromatic heterocycles. The van der Waals surface area contributed by atoms with Crippen molar-refractivity contribution in [3.63, 3.8) is 0 Å². The Hall–Kier alpha value is -4.07. The number of hydrogen-bond donors (Lipinski definition) is 0. The highest BCUT2D eigenvalue weighted by Crippen LogP contribution is 2.18. The van der Waals surface area contributed by atoms with Gasteiger partial charge in [-0.1, -0.05) is 36.4 Å². The maximum absolute atomic E-state index is 13.2. The van der Waals surface area contributed by atoms with Crippen LogP contribution in [0.4, 0.5) is 5.69 Å². The molecule has 0 unspecified atom stereocenters. The van der Waals surface area contributed by atoms with Crippen molar-refractivity contribution >= 4 is 16.7 Å². The summed E-state index contributed by atoms with van der Waals surface area (Å²) in [4.78, 5) is 40.9.